The minimum Gasteiger partial charge on any atom is -0.550 e. The molecule has 186 valence electrons. The van der Waals surface area contributed by atoms with Gasteiger partial charge in [0, 0.05) is 25.2 Å². The van der Waals surface area contributed by atoms with Crippen molar-refractivity contribution in [3.63, 3.8) is 0 Å². The van der Waals surface area contributed by atoms with Gasteiger partial charge in [-0.25, -0.2) is 0 Å². The first-order valence-corrected chi connectivity index (χ1v) is 12.4. The topological polar surface area (TPSA) is 115 Å². The van der Waals surface area contributed by atoms with Crippen molar-refractivity contribution in [1.82, 2.24) is 0 Å². The fourth-order valence-corrected chi connectivity index (χ4v) is 4.33. The van der Waals surface area contributed by atoms with Crippen molar-refractivity contribution in [2.45, 2.75) is 103 Å². The van der Waals surface area contributed by atoms with E-state index in [1.54, 1.807) is 0 Å². The molecule has 0 fully saturated rings. The van der Waals surface area contributed by atoms with Gasteiger partial charge in [-0.3, -0.25) is 9.59 Å². The van der Waals surface area contributed by atoms with Gasteiger partial charge in [0.05, 0.1) is 39.0 Å². The van der Waals surface area contributed by atoms with E-state index in [4.69, 9.17) is 10.2 Å². The quantitative estimate of drug-likeness (QED) is 0.128. The number of allylic oxidation sites excluding steroid dienone is 1. The molecule has 0 amide bonds. The molecule has 0 saturated heterocycles. The van der Waals surface area contributed by atoms with Crippen LogP contribution in [0.5, 0.6) is 0 Å². The average molecular weight is 456 g/mol. The largest absolute Gasteiger partial charge is 0.550 e. The molecule has 0 rings (SSSR count). The first-order valence-electron chi connectivity index (χ1n) is 12.4. The second-order valence-electron chi connectivity index (χ2n) is 8.97. The molecule has 0 aromatic carbocycles. The summed E-state index contributed by atoms with van der Waals surface area (Å²) in [7, 11) is 0. The van der Waals surface area contributed by atoms with E-state index in [-0.39, 0.29) is 19.3 Å². The van der Waals surface area contributed by atoms with E-state index in [0.29, 0.717) is 43.4 Å². The number of carbonyl (C=O) groups is 3. The lowest BCUT2D eigenvalue weighted by Crippen LogP contribution is -2.51. The normalized spacial score (nSPS) is 11.4. The molecule has 0 heterocycles. The Morgan fingerprint density at radius 3 is 1.41 bits per heavy atom. The standard InChI is InChI=1S/C25H45NO6/c1-2-3-4-5-6-7-8-9-10-11-12-19-26(20-13-16-23(27)28,21-14-17-24(29)30)22-15-18-25(31)32/h2H,1,3-22H2,(H2-,27,28,29,30,31,32). The number of quaternary nitrogens is 1. The zero-order valence-corrected chi connectivity index (χ0v) is 19.9. The van der Waals surface area contributed by atoms with Crippen molar-refractivity contribution in [3.8, 4) is 0 Å². The monoisotopic (exact) mass is 455 g/mol. The van der Waals surface area contributed by atoms with Gasteiger partial charge in [-0.15, -0.1) is 6.58 Å². The summed E-state index contributed by atoms with van der Waals surface area (Å²) in [6.07, 6.45) is 15.4. The second-order valence-corrected chi connectivity index (χ2v) is 8.97. The van der Waals surface area contributed by atoms with Crippen LogP contribution >= 0.6 is 0 Å². The van der Waals surface area contributed by atoms with Crippen molar-refractivity contribution in [2.75, 3.05) is 26.2 Å². The van der Waals surface area contributed by atoms with Gasteiger partial charge in [-0.1, -0.05) is 44.6 Å². The minimum atomic E-state index is -1.08. The second kappa shape index (κ2) is 19.8. The average Bonchev–Trinajstić information content (AvgIpc) is 2.71. The summed E-state index contributed by atoms with van der Waals surface area (Å²) in [5, 5.41) is 28.9. The smallest absolute Gasteiger partial charge is 0.303 e. The molecular formula is C25H45NO6. The zero-order valence-electron chi connectivity index (χ0n) is 19.9. The highest BCUT2D eigenvalue weighted by Gasteiger charge is 2.26. The van der Waals surface area contributed by atoms with Crippen molar-refractivity contribution >= 4 is 17.9 Å². The lowest BCUT2D eigenvalue weighted by Gasteiger charge is -2.39. The van der Waals surface area contributed by atoms with Gasteiger partial charge < -0.3 is 24.6 Å². The maximum absolute atomic E-state index is 11.0. The molecule has 0 atom stereocenters. The molecule has 32 heavy (non-hydrogen) atoms. The zero-order chi connectivity index (χ0) is 24.1. The molecule has 0 radical (unpaired) electrons. The summed E-state index contributed by atoms with van der Waals surface area (Å²) in [5.74, 6) is -2.76. The highest BCUT2D eigenvalue weighted by molar-refractivity contribution is 5.66. The lowest BCUT2D eigenvalue weighted by atomic mass is 10.1. The number of hydrogen-bond donors (Lipinski definition) is 2. The molecule has 0 aliphatic rings. The first-order chi connectivity index (χ1) is 15.3. The van der Waals surface area contributed by atoms with Crippen LogP contribution in [0.3, 0.4) is 0 Å². The summed E-state index contributed by atoms with van der Waals surface area (Å²) in [5.41, 5.74) is 0. The van der Waals surface area contributed by atoms with Crippen molar-refractivity contribution in [1.29, 1.82) is 0 Å². The van der Waals surface area contributed by atoms with Gasteiger partial charge in [0.15, 0.2) is 0 Å². The lowest BCUT2D eigenvalue weighted by molar-refractivity contribution is -0.929. The van der Waals surface area contributed by atoms with E-state index in [0.717, 1.165) is 32.2 Å². The van der Waals surface area contributed by atoms with Crippen LogP contribution in [-0.2, 0) is 14.4 Å². The van der Waals surface area contributed by atoms with Crippen LogP contribution < -0.4 is 5.11 Å². The Balaban J connectivity index is 4.55. The Bertz CT molecular complexity index is 484. The Labute approximate surface area is 194 Å². The number of rotatable bonds is 24. The highest BCUT2D eigenvalue weighted by atomic mass is 16.4. The third kappa shape index (κ3) is 18.8. The SMILES string of the molecule is C=CCCCCCCCCCCC[N+](CCCC(=O)[O-])(CCCC(=O)O)CCCC(=O)O. The van der Waals surface area contributed by atoms with Crippen LogP contribution in [-0.4, -0.2) is 58.8 Å². The summed E-state index contributed by atoms with van der Waals surface area (Å²) in [6, 6.07) is 0. The van der Waals surface area contributed by atoms with Crippen molar-refractivity contribution < 1.29 is 34.2 Å². The highest BCUT2D eigenvalue weighted by Crippen LogP contribution is 2.18. The molecule has 0 aromatic heterocycles. The molecular weight excluding hydrogens is 410 g/mol. The maximum Gasteiger partial charge on any atom is 0.303 e. The Hall–Kier alpha value is -1.89. The van der Waals surface area contributed by atoms with E-state index >= 15 is 0 Å². The predicted molar refractivity (Wildman–Crippen MR) is 124 cm³/mol. The van der Waals surface area contributed by atoms with Gasteiger partial charge in [0.2, 0.25) is 0 Å². The van der Waals surface area contributed by atoms with Crippen LogP contribution in [0.15, 0.2) is 12.7 Å². The number of carbonyl (C=O) groups excluding carboxylic acids is 1. The fraction of sp³-hybridized carbons (Fsp3) is 0.800. The molecule has 0 aliphatic carbocycles. The van der Waals surface area contributed by atoms with Crippen LogP contribution in [0.1, 0.15) is 103 Å². The molecule has 0 spiro atoms. The summed E-state index contributed by atoms with van der Waals surface area (Å²) in [6.45, 7) is 6.49. The number of unbranched alkanes of at least 4 members (excludes halogenated alkanes) is 9. The Morgan fingerprint density at radius 1 is 0.625 bits per heavy atom. The van der Waals surface area contributed by atoms with Gasteiger partial charge in [-0.2, -0.15) is 0 Å². The van der Waals surface area contributed by atoms with Crippen LogP contribution in [0.4, 0.5) is 0 Å². The molecule has 7 heteroatoms. The number of carboxylic acids is 3. The van der Waals surface area contributed by atoms with Crippen molar-refractivity contribution in [2.24, 2.45) is 0 Å². The summed E-state index contributed by atoms with van der Waals surface area (Å²) in [4.78, 5) is 32.8. The molecule has 0 aromatic rings. The number of nitrogens with zero attached hydrogens (tertiary/aromatic N) is 1. The van der Waals surface area contributed by atoms with Gasteiger partial charge in [0.1, 0.15) is 0 Å². The van der Waals surface area contributed by atoms with E-state index in [2.05, 4.69) is 6.58 Å². The van der Waals surface area contributed by atoms with Crippen LogP contribution in [0.25, 0.3) is 0 Å². The molecule has 0 unspecified atom stereocenters. The van der Waals surface area contributed by atoms with E-state index in [1.807, 2.05) is 6.08 Å². The number of aliphatic carboxylic acids is 3. The minimum absolute atomic E-state index is 0.0232. The molecule has 2 N–H and O–H groups in total. The first kappa shape index (κ1) is 30.1. The molecule has 0 saturated carbocycles. The molecule has 7 nitrogen and oxygen atoms in total. The maximum atomic E-state index is 11.0. The Kier molecular flexibility index (Phi) is 18.6. The summed E-state index contributed by atoms with van der Waals surface area (Å²) >= 11 is 0. The van der Waals surface area contributed by atoms with Gasteiger partial charge in [-0.05, 0) is 32.1 Å². The number of carboxylic acid groups (broad SMARTS) is 3. The van der Waals surface area contributed by atoms with E-state index in [1.165, 1.54) is 38.5 Å². The Morgan fingerprint density at radius 2 is 1.00 bits per heavy atom. The summed E-state index contributed by atoms with van der Waals surface area (Å²) < 4.78 is 0.608. The van der Waals surface area contributed by atoms with E-state index in [9.17, 15) is 19.5 Å². The van der Waals surface area contributed by atoms with Gasteiger partial charge >= 0.3 is 11.9 Å². The van der Waals surface area contributed by atoms with Crippen LogP contribution in [0.2, 0.25) is 0 Å². The van der Waals surface area contributed by atoms with Crippen molar-refractivity contribution in [3.05, 3.63) is 12.7 Å². The number of hydrogen-bond acceptors (Lipinski definition) is 4. The van der Waals surface area contributed by atoms with Crippen LogP contribution in [0, 0.1) is 0 Å². The third-order valence-corrected chi connectivity index (χ3v) is 6.10. The molecule has 0 bridgehead atoms. The fourth-order valence-electron chi connectivity index (χ4n) is 4.33. The predicted octanol–water partition coefficient (Wildman–Crippen LogP) is 4.15. The molecule has 0 aliphatic heterocycles. The van der Waals surface area contributed by atoms with Gasteiger partial charge in [0.25, 0.3) is 0 Å². The third-order valence-electron chi connectivity index (χ3n) is 6.10. The van der Waals surface area contributed by atoms with E-state index < -0.39 is 17.9 Å².